The monoisotopic (exact) mass is 341 g/mol. The molecular weight excluding hydrogens is 318 g/mol. The van der Waals surface area contributed by atoms with Crippen LogP contribution in [0.4, 0.5) is 0 Å². The highest BCUT2D eigenvalue weighted by molar-refractivity contribution is 6.31. The van der Waals surface area contributed by atoms with E-state index < -0.39 is 0 Å². The summed E-state index contributed by atoms with van der Waals surface area (Å²) in [5.74, 6) is 1.01. The predicted molar refractivity (Wildman–Crippen MR) is 103 cm³/mol. The lowest BCUT2D eigenvalue weighted by molar-refractivity contribution is 0.292. The largest absolute Gasteiger partial charge is 0.323 e. The van der Waals surface area contributed by atoms with E-state index in [1.807, 2.05) is 18.2 Å². The Labute approximate surface area is 148 Å². The lowest BCUT2D eigenvalue weighted by atomic mass is 10.1. The van der Waals surface area contributed by atoms with E-state index in [0.717, 1.165) is 53.6 Å². The lowest BCUT2D eigenvalue weighted by Gasteiger charge is -2.19. The van der Waals surface area contributed by atoms with Crippen LogP contribution in [-0.4, -0.2) is 34.1 Å². The smallest absolute Gasteiger partial charge is 0.141 e. The van der Waals surface area contributed by atoms with E-state index in [-0.39, 0.29) is 0 Å². The average molecular weight is 342 g/mol. The van der Waals surface area contributed by atoms with Gasteiger partial charge in [-0.1, -0.05) is 55.3 Å². The molecule has 2 aromatic carbocycles. The van der Waals surface area contributed by atoms with Crippen LogP contribution in [-0.2, 0) is 6.54 Å². The second-order valence-electron chi connectivity index (χ2n) is 6.11. The lowest BCUT2D eigenvalue weighted by Crippen LogP contribution is -2.27. The average Bonchev–Trinajstić information content (AvgIpc) is 2.94. The van der Waals surface area contributed by atoms with Crippen LogP contribution in [0.1, 0.15) is 19.4 Å². The standard InChI is InChI=1S/C20H24ClN3/c1-4-23(5-2)12-13-24-19-14-17(21)10-11-18(19)22-20(24)16-8-6-15(3)7-9-16/h6-11,14H,4-5,12-13H2,1-3H3. The third-order valence-electron chi connectivity index (χ3n) is 4.55. The molecule has 0 spiro atoms. The maximum Gasteiger partial charge on any atom is 0.141 e. The molecule has 0 amide bonds. The van der Waals surface area contributed by atoms with Gasteiger partial charge in [0.25, 0.3) is 0 Å². The van der Waals surface area contributed by atoms with Crippen LogP contribution in [0.5, 0.6) is 0 Å². The van der Waals surface area contributed by atoms with Gasteiger partial charge >= 0.3 is 0 Å². The molecule has 0 aliphatic carbocycles. The van der Waals surface area contributed by atoms with Gasteiger partial charge in [0.05, 0.1) is 11.0 Å². The van der Waals surface area contributed by atoms with Gasteiger partial charge < -0.3 is 9.47 Å². The highest BCUT2D eigenvalue weighted by Crippen LogP contribution is 2.27. The van der Waals surface area contributed by atoms with Gasteiger partial charge in [-0.2, -0.15) is 0 Å². The molecule has 0 fully saturated rings. The van der Waals surface area contributed by atoms with Crippen molar-refractivity contribution in [3.05, 3.63) is 53.1 Å². The molecule has 24 heavy (non-hydrogen) atoms. The Bertz CT molecular complexity index is 817. The third kappa shape index (κ3) is 3.47. The van der Waals surface area contributed by atoms with Gasteiger partial charge in [-0.05, 0) is 38.2 Å². The quantitative estimate of drug-likeness (QED) is 0.628. The number of imidazole rings is 1. The Morgan fingerprint density at radius 2 is 1.75 bits per heavy atom. The molecule has 0 unspecified atom stereocenters. The second kappa shape index (κ2) is 7.37. The molecule has 126 valence electrons. The van der Waals surface area contributed by atoms with Crippen LogP contribution in [0.2, 0.25) is 5.02 Å². The summed E-state index contributed by atoms with van der Waals surface area (Å²) < 4.78 is 2.30. The van der Waals surface area contributed by atoms with Gasteiger partial charge in [-0.15, -0.1) is 0 Å². The molecule has 0 bridgehead atoms. The fraction of sp³-hybridized carbons (Fsp3) is 0.350. The Morgan fingerprint density at radius 1 is 1.04 bits per heavy atom. The minimum atomic E-state index is 0.752. The van der Waals surface area contributed by atoms with Crippen molar-refractivity contribution in [3.8, 4) is 11.4 Å². The topological polar surface area (TPSA) is 21.1 Å². The van der Waals surface area contributed by atoms with Crippen molar-refractivity contribution in [2.75, 3.05) is 19.6 Å². The van der Waals surface area contributed by atoms with Crippen molar-refractivity contribution in [2.24, 2.45) is 0 Å². The van der Waals surface area contributed by atoms with Crippen LogP contribution in [0.25, 0.3) is 22.4 Å². The number of benzene rings is 2. The number of fused-ring (bicyclic) bond motifs is 1. The first-order chi connectivity index (χ1) is 11.6. The molecular formula is C20H24ClN3. The van der Waals surface area contributed by atoms with Crippen molar-refractivity contribution >= 4 is 22.6 Å². The van der Waals surface area contributed by atoms with E-state index >= 15 is 0 Å². The van der Waals surface area contributed by atoms with Crippen molar-refractivity contribution in [1.29, 1.82) is 0 Å². The minimum Gasteiger partial charge on any atom is -0.323 e. The number of hydrogen-bond donors (Lipinski definition) is 0. The minimum absolute atomic E-state index is 0.752. The maximum absolute atomic E-state index is 6.23. The summed E-state index contributed by atoms with van der Waals surface area (Å²) in [6.45, 7) is 10.5. The van der Waals surface area contributed by atoms with Crippen molar-refractivity contribution < 1.29 is 0 Å². The number of likely N-dealkylation sites (N-methyl/N-ethyl adjacent to an activating group) is 1. The molecule has 1 aromatic heterocycles. The van der Waals surface area contributed by atoms with Crippen LogP contribution >= 0.6 is 11.6 Å². The second-order valence-corrected chi connectivity index (χ2v) is 6.55. The first-order valence-corrected chi connectivity index (χ1v) is 8.95. The molecule has 0 saturated carbocycles. The molecule has 0 N–H and O–H groups in total. The van der Waals surface area contributed by atoms with Gasteiger partial charge in [-0.25, -0.2) is 4.98 Å². The zero-order valence-corrected chi connectivity index (χ0v) is 15.3. The summed E-state index contributed by atoms with van der Waals surface area (Å²) in [7, 11) is 0. The molecule has 1 heterocycles. The van der Waals surface area contributed by atoms with Crippen LogP contribution in [0.3, 0.4) is 0 Å². The summed E-state index contributed by atoms with van der Waals surface area (Å²) in [4.78, 5) is 7.29. The number of halogens is 1. The highest BCUT2D eigenvalue weighted by atomic mass is 35.5. The van der Waals surface area contributed by atoms with E-state index in [4.69, 9.17) is 16.6 Å². The molecule has 3 aromatic rings. The molecule has 0 aliphatic heterocycles. The summed E-state index contributed by atoms with van der Waals surface area (Å²) in [5, 5.41) is 0.752. The molecule has 3 nitrogen and oxygen atoms in total. The van der Waals surface area contributed by atoms with E-state index in [1.54, 1.807) is 0 Å². The fourth-order valence-electron chi connectivity index (χ4n) is 3.03. The zero-order chi connectivity index (χ0) is 17.1. The number of nitrogens with zero attached hydrogens (tertiary/aromatic N) is 3. The van der Waals surface area contributed by atoms with E-state index in [2.05, 4.69) is 54.5 Å². The normalized spacial score (nSPS) is 11.5. The number of hydrogen-bond acceptors (Lipinski definition) is 2. The Morgan fingerprint density at radius 3 is 2.42 bits per heavy atom. The van der Waals surface area contributed by atoms with Crippen molar-refractivity contribution in [3.63, 3.8) is 0 Å². The van der Waals surface area contributed by atoms with Gasteiger partial charge in [0.15, 0.2) is 0 Å². The van der Waals surface area contributed by atoms with Gasteiger partial charge in [0, 0.05) is 23.7 Å². The van der Waals surface area contributed by atoms with Crippen LogP contribution in [0, 0.1) is 6.92 Å². The molecule has 0 radical (unpaired) electrons. The SMILES string of the molecule is CCN(CC)CCn1c(-c2ccc(C)cc2)nc2ccc(Cl)cc21. The first-order valence-electron chi connectivity index (χ1n) is 8.57. The maximum atomic E-state index is 6.23. The highest BCUT2D eigenvalue weighted by Gasteiger charge is 2.13. The molecule has 0 saturated heterocycles. The van der Waals surface area contributed by atoms with Gasteiger partial charge in [0.1, 0.15) is 5.82 Å². The number of rotatable bonds is 6. The summed E-state index contributed by atoms with van der Waals surface area (Å²) in [6, 6.07) is 14.5. The third-order valence-corrected chi connectivity index (χ3v) is 4.79. The van der Waals surface area contributed by atoms with Crippen LogP contribution < -0.4 is 0 Å². The molecule has 3 rings (SSSR count). The Kier molecular flexibility index (Phi) is 5.22. The van der Waals surface area contributed by atoms with Crippen molar-refractivity contribution in [1.82, 2.24) is 14.5 Å². The number of aryl methyl sites for hydroxylation is 1. The first kappa shape index (κ1) is 17.0. The number of aromatic nitrogens is 2. The molecule has 0 atom stereocenters. The van der Waals surface area contributed by atoms with Gasteiger partial charge in [0.2, 0.25) is 0 Å². The molecule has 0 aliphatic rings. The summed E-state index contributed by atoms with van der Waals surface area (Å²) >= 11 is 6.23. The fourth-order valence-corrected chi connectivity index (χ4v) is 3.19. The Hall–Kier alpha value is -1.84. The summed E-state index contributed by atoms with van der Waals surface area (Å²) in [6.07, 6.45) is 0. The predicted octanol–water partition coefficient (Wildman–Crippen LogP) is 5.01. The van der Waals surface area contributed by atoms with Crippen LogP contribution in [0.15, 0.2) is 42.5 Å². The Balaban J connectivity index is 2.06. The summed E-state index contributed by atoms with van der Waals surface area (Å²) in [5.41, 5.74) is 4.50. The van der Waals surface area contributed by atoms with E-state index in [9.17, 15) is 0 Å². The van der Waals surface area contributed by atoms with Gasteiger partial charge in [-0.3, -0.25) is 0 Å². The van der Waals surface area contributed by atoms with E-state index in [1.165, 1.54) is 5.56 Å². The van der Waals surface area contributed by atoms with Crippen molar-refractivity contribution in [2.45, 2.75) is 27.3 Å². The molecule has 4 heteroatoms. The van der Waals surface area contributed by atoms with E-state index in [0.29, 0.717) is 0 Å². The zero-order valence-electron chi connectivity index (χ0n) is 14.6.